The van der Waals surface area contributed by atoms with Crippen LogP contribution >= 0.6 is 0 Å². The molecule has 0 aromatic heterocycles. The van der Waals surface area contributed by atoms with E-state index in [-0.39, 0.29) is 18.1 Å². The van der Waals surface area contributed by atoms with E-state index < -0.39 is 0 Å². The maximum atomic E-state index is 13.7. The highest BCUT2D eigenvalue weighted by molar-refractivity contribution is 5.35. The molecule has 2 N–H and O–H groups in total. The first-order valence-corrected chi connectivity index (χ1v) is 6.42. The fraction of sp³-hybridized carbons (Fsp3) is 0.250. The molecule has 0 aliphatic rings. The van der Waals surface area contributed by atoms with Gasteiger partial charge < -0.3 is 10.5 Å². The van der Waals surface area contributed by atoms with Gasteiger partial charge in [0.1, 0.15) is 6.61 Å². The minimum absolute atomic E-state index is 0.254. The largest absolute Gasteiger partial charge is 0.485 e. The lowest BCUT2D eigenvalue weighted by Gasteiger charge is -2.11. The quantitative estimate of drug-likeness (QED) is 0.893. The second kappa shape index (κ2) is 6.34. The number of rotatable bonds is 5. The van der Waals surface area contributed by atoms with Crippen LogP contribution in [-0.4, -0.2) is 0 Å². The summed E-state index contributed by atoms with van der Waals surface area (Å²) < 4.78 is 19.2. The lowest BCUT2D eigenvalue weighted by molar-refractivity contribution is 0.287. The summed E-state index contributed by atoms with van der Waals surface area (Å²) in [6.07, 6.45) is 1.01. The molecule has 3 heteroatoms. The summed E-state index contributed by atoms with van der Waals surface area (Å²) in [5.41, 5.74) is 8.56. The molecule has 19 heavy (non-hydrogen) atoms. The van der Waals surface area contributed by atoms with Gasteiger partial charge in [0, 0.05) is 12.1 Å². The van der Waals surface area contributed by atoms with Crippen LogP contribution in [0, 0.1) is 5.82 Å². The third kappa shape index (κ3) is 3.32. The van der Waals surface area contributed by atoms with E-state index in [9.17, 15) is 4.39 Å². The first-order valence-electron chi connectivity index (χ1n) is 6.42. The van der Waals surface area contributed by atoms with Gasteiger partial charge in [0.2, 0.25) is 0 Å². The zero-order valence-corrected chi connectivity index (χ0v) is 11.0. The molecule has 2 aromatic carbocycles. The maximum absolute atomic E-state index is 13.7. The van der Waals surface area contributed by atoms with Crippen molar-refractivity contribution in [3.05, 3.63) is 65.0 Å². The molecule has 0 unspecified atom stereocenters. The Hall–Kier alpha value is -1.87. The highest BCUT2D eigenvalue weighted by atomic mass is 19.1. The van der Waals surface area contributed by atoms with Crippen molar-refractivity contribution < 1.29 is 9.13 Å². The molecule has 0 aliphatic heterocycles. The first kappa shape index (κ1) is 13.6. The zero-order chi connectivity index (χ0) is 13.7. The van der Waals surface area contributed by atoms with Gasteiger partial charge in [0.05, 0.1) is 0 Å². The van der Waals surface area contributed by atoms with Gasteiger partial charge in [-0.05, 0) is 23.6 Å². The number of halogens is 1. The van der Waals surface area contributed by atoms with E-state index in [0.29, 0.717) is 12.2 Å². The molecule has 0 saturated heterocycles. The molecule has 0 fully saturated rings. The van der Waals surface area contributed by atoms with Crippen LogP contribution in [0.1, 0.15) is 23.6 Å². The van der Waals surface area contributed by atoms with Crippen molar-refractivity contribution in [2.24, 2.45) is 5.73 Å². The van der Waals surface area contributed by atoms with Crippen molar-refractivity contribution in [3.63, 3.8) is 0 Å². The second-order valence-electron chi connectivity index (χ2n) is 4.39. The third-order valence-corrected chi connectivity index (χ3v) is 3.08. The Morgan fingerprint density at radius 3 is 2.37 bits per heavy atom. The number of aryl methyl sites for hydroxylation is 1. The van der Waals surface area contributed by atoms with E-state index in [1.165, 1.54) is 11.6 Å². The molecule has 0 aliphatic carbocycles. The highest BCUT2D eigenvalue weighted by Crippen LogP contribution is 2.23. The maximum Gasteiger partial charge on any atom is 0.165 e. The topological polar surface area (TPSA) is 35.2 Å². The lowest BCUT2D eigenvalue weighted by atomic mass is 10.1. The standard InChI is InChI=1S/C16H18FNO/c1-2-12-6-8-13(9-7-12)11-19-16-14(10-18)4-3-5-15(16)17/h3-9H,2,10-11,18H2,1H3. The summed E-state index contributed by atoms with van der Waals surface area (Å²) in [5, 5.41) is 0. The van der Waals surface area contributed by atoms with Crippen LogP contribution in [0.4, 0.5) is 4.39 Å². The number of hydrogen-bond acceptors (Lipinski definition) is 2. The van der Waals surface area contributed by atoms with Gasteiger partial charge >= 0.3 is 0 Å². The molecule has 0 spiro atoms. The lowest BCUT2D eigenvalue weighted by Crippen LogP contribution is -2.04. The Bertz CT molecular complexity index is 537. The van der Waals surface area contributed by atoms with E-state index in [0.717, 1.165) is 12.0 Å². The molecular weight excluding hydrogens is 241 g/mol. The van der Waals surface area contributed by atoms with E-state index in [4.69, 9.17) is 10.5 Å². The van der Waals surface area contributed by atoms with Crippen LogP contribution in [-0.2, 0) is 19.6 Å². The summed E-state index contributed by atoms with van der Waals surface area (Å²) in [6, 6.07) is 12.9. The fourth-order valence-corrected chi connectivity index (χ4v) is 1.90. The van der Waals surface area contributed by atoms with Crippen molar-refractivity contribution in [1.82, 2.24) is 0 Å². The van der Waals surface area contributed by atoms with Gasteiger partial charge in [0.15, 0.2) is 11.6 Å². The van der Waals surface area contributed by atoms with Crippen molar-refractivity contribution in [2.75, 3.05) is 0 Å². The normalized spacial score (nSPS) is 10.5. The Morgan fingerprint density at radius 2 is 1.74 bits per heavy atom. The molecule has 2 rings (SSSR count). The summed E-state index contributed by atoms with van der Waals surface area (Å²) in [5.74, 6) is -0.113. The van der Waals surface area contributed by atoms with E-state index in [1.807, 2.05) is 12.1 Å². The SMILES string of the molecule is CCc1ccc(COc2c(F)cccc2CN)cc1. The minimum atomic E-state index is -0.367. The summed E-state index contributed by atoms with van der Waals surface area (Å²) >= 11 is 0. The third-order valence-electron chi connectivity index (χ3n) is 3.08. The smallest absolute Gasteiger partial charge is 0.165 e. The van der Waals surface area contributed by atoms with Crippen molar-refractivity contribution in [1.29, 1.82) is 0 Å². The van der Waals surface area contributed by atoms with Crippen molar-refractivity contribution >= 4 is 0 Å². The van der Waals surface area contributed by atoms with Gasteiger partial charge in [-0.15, -0.1) is 0 Å². The zero-order valence-electron chi connectivity index (χ0n) is 11.0. The fourth-order valence-electron chi connectivity index (χ4n) is 1.90. The van der Waals surface area contributed by atoms with Gasteiger partial charge in [0.25, 0.3) is 0 Å². The predicted octanol–water partition coefficient (Wildman–Crippen LogP) is 3.43. The Kier molecular flexibility index (Phi) is 4.53. The van der Waals surface area contributed by atoms with Crippen molar-refractivity contribution in [2.45, 2.75) is 26.5 Å². The van der Waals surface area contributed by atoms with Crippen LogP contribution in [0.25, 0.3) is 0 Å². The highest BCUT2D eigenvalue weighted by Gasteiger charge is 2.08. The summed E-state index contributed by atoms with van der Waals surface area (Å²) in [7, 11) is 0. The van der Waals surface area contributed by atoms with E-state index >= 15 is 0 Å². The summed E-state index contributed by atoms with van der Waals surface area (Å²) in [6.45, 7) is 2.72. The van der Waals surface area contributed by atoms with Gasteiger partial charge in [-0.3, -0.25) is 0 Å². The van der Waals surface area contributed by atoms with E-state index in [2.05, 4.69) is 19.1 Å². The molecule has 0 atom stereocenters. The average molecular weight is 259 g/mol. The van der Waals surface area contributed by atoms with Crippen LogP contribution in [0.15, 0.2) is 42.5 Å². The number of ether oxygens (including phenoxy) is 1. The molecule has 0 radical (unpaired) electrons. The summed E-state index contributed by atoms with van der Waals surface area (Å²) in [4.78, 5) is 0. The van der Waals surface area contributed by atoms with E-state index in [1.54, 1.807) is 12.1 Å². The Balaban J connectivity index is 2.09. The molecule has 2 nitrogen and oxygen atoms in total. The Morgan fingerprint density at radius 1 is 1.05 bits per heavy atom. The molecule has 0 heterocycles. The monoisotopic (exact) mass is 259 g/mol. The second-order valence-corrected chi connectivity index (χ2v) is 4.39. The molecular formula is C16H18FNO. The van der Waals surface area contributed by atoms with Gasteiger partial charge in [-0.2, -0.15) is 0 Å². The Labute approximate surface area is 113 Å². The molecule has 100 valence electrons. The molecule has 0 bridgehead atoms. The van der Waals surface area contributed by atoms with Gasteiger partial charge in [-0.25, -0.2) is 4.39 Å². The van der Waals surface area contributed by atoms with Crippen molar-refractivity contribution in [3.8, 4) is 5.75 Å². The van der Waals surface area contributed by atoms with Gasteiger partial charge in [-0.1, -0.05) is 43.3 Å². The predicted molar refractivity (Wildman–Crippen MR) is 74.4 cm³/mol. The number of nitrogens with two attached hydrogens (primary N) is 1. The number of benzene rings is 2. The van der Waals surface area contributed by atoms with Crippen LogP contribution < -0.4 is 10.5 Å². The number of hydrogen-bond donors (Lipinski definition) is 1. The molecule has 0 amide bonds. The molecule has 2 aromatic rings. The van der Waals surface area contributed by atoms with Crippen LogP contribution in [0.5, 0.6) is 5.75 Å². The molecule has 0 saturated carbocycles. The van der Waals surface area contributed by atoms with Crippen LogP contribution in [0.2, 0.25) is 0 Å². The average Bonchev–Trinajstić information content (AvgIpc) is 2.46. The minimum Gasteiger partial charge on any atom is -0.485 e. The van der Waals surface area contributed by atoms with Crippen LogP contribution in [0.3, 0.4) is 0 Å². The first-order chi connectivity index (χ1) is 9.24. The number of para-hydroxylation sites is 1.